The van der Waals surface area contributed by atoms with Gasteiger partial charge in [-0.15, -0.1) is 0 Å². The molecule has 0 spiro atoms. The van der Waals surface area contributed by atoms with E-state index >= 15 is 0 Å². The first kappa shape index (κ1) is 15.4. The second-order valence-corrected chi connectivity index (χ2v) is 4.10. The molecule has 0 saturated heterocycles. The van der Waals surface area contributed by atoms with E-state index in [4.69, 9.17) is 21.1 Å². The molecular formula is C12H14ClNO5. The molecule has 0 saturated carbocycles. The van der Waals surface area contributed by atoms with Gasteiger partial charge in [-0.3, -0.25) is 10.1 Å². The average Bonchev–Trinajstić information content (AvgIpc) is 2.37. The molecule has 104 valence electrons. The topological polar surface area (TPSA) is 78.7 Å². The van der Waals surface area contributed by atoms with Gasteiger partial charge in [0.15, 0.2) is 0 Å². The van der Waals surface area contributed by atoms with Crippen LogP contribution in [-0.2, 0) is 9.47 Å². The van der Waals surface area contributed by atoms with Gasteiger partial charge in [-0.2, -0.15) is 0 Å². The van der Waals surface area contributed by atoms with Crippen LogP contribution in [0.4, 0.5) is 5.69 Å². The summed E-state index contributed by atoms with van der Waals surface area (Å²) in [7, 11) is 0. The Balaban J connectivity index is 2.65. The van der Waals surface area contributed by atoms with Crippen LogP contribution in [0.2, 0.25) is 5.02 Å². The Hall–Kier alpha value is -1.66. The van der Waals surface area contributed by atoms with Gasteiger partial charge >= 0.3 is 5.97 Å². The molecule has 7 heteroatoms. The van der Waals surface area contributed by atoms with Crippen molar-refractivity contribution in [2.75, 3.05) is 19.8 Å². The molecule has 1 aromatic rings. The van der Waals surface area contributed by atoms with Crippen LogP contribution in [0.5, 0.6) is 0 Å². The third-order valence-corrected chi connectivity index (χ3v) is 2.42. The summed E-state index contributed by atoms with van der Waals surface area (Å²) in [5.41, 5.74) is -0.489. The quantitative estimate of drug-likeness (QED) is 0.333. The largest absolute Gasteiger partial charge is 0.459 e. The molecule has 0 radical (unpaired) electrons. The minimum atomic E-state index is -0.783. The van der Waals surface area contributed by atoms with Crippen LogP contribution in [0.25, 0.3) is 0 Å². The lowest BCUT2D eigenvalue weighted by Crippen LogP contribution is -2.12. The molecule has 0 unspecified atom stereocenters. The molecule has 0 bridgehead atoms. The lowest BCUT2D eigenvalue weighted by atomic mass is 10.2. The van der Waals surface area contributed by atoms with E-state index in [1.54, 1.807) is 0 Å². The zero-order valence-electron chi connectivity index (χ0n) is 10.4. The van der Waals surface area contributed by atoms with E-state index in [0.717, 1.165) is 6.42 Å². The van der Waals surface area contributed by atoms with Crippen molar-refractivity contribution in [1.29, 1.82) is 0 Å². The summed E-state index contributed by atoms with van der Waals surface area (Å²) in [6.45, 7) is 2.84. The van der Waals surface area contributed by atoms with Crippen molar-refractivity contribution in [3.05, 3.63) is 38.9 Å². The molecule has 0 aliphatic carbocycles. The first-order valence-electron chi connectivity index (χ1n) is 5.75. The van der Waals surface area contributed by atoms with Crippen LogP contribution in [0.1, 0.15) is 23.7 Å². The summed E-state index contributed by atoms with van der Waals surface area (Å²) in [5.74, 6) is -0.783. The van der Waals surface area contributed by atoms with E-state index in [2.05, 4.69) is 0 Å². The summed E-state index contributed by atoms with van der Waals surface area (Å²) < 4.78 is 10.0. The lowest BCUT2D eigenvalue weighted by Gasteiger charge is -2.06. The van der Waals surface area contributed by atoms with E-state index < -0.39 is 10.9 Å². The summed E-state index contributed by atoms with van der Waals surface area (Å²) in [6, 6.07) is 3.74. The molecule has 0 amide bonds. The Kier molecular flexibility index (Phi) is 6.24. The van der Waals surface area contributed by atoms with Crippen LogP contribution in [-0.4, -0.2) is 30.7 Å². The minimum absolute atomic E-state index is 0.0441. The maximum Gasteiger partial charge on any atom is 0.345 e. The summed E-state index contributed by atoms with van der Waals surface area (Å²) in [5, 5.41) is 11.0. The maximum absolute atomic E-state index is 11.7. The molecule has 0 fully saturated rings. The predicted molar refractivity (Wildman–Crippen MR) is 69.5 cm³/mol. The third-order valence-electron chi connectivity index (χ3n) is 2.18. The maximum atomic E-state index is 11.7. The summed E-state index contributed by atoms with van der Waals surface area (Å²) >= 11 is 5.71. The van der Waals surface area contributed by atoms with Crippen molar-refractivity contribution >= 4 is 23.3 Å². The number of hydrogen-bond acceptors (Lipinski definition) is 5. The lowest BCUT2D eigenvalue weighted by molar-refractivity contribution is -0.385. The van der Waals surface area contributed by atoms with Gasteiger partial charge in [0.1, 0.15) is 12.2 Å². The number of halogens is 1. The number of nitro groups is 1. The Bertz CT molecular complexity index is 463. The van der Waals surface area contributed by atoms with Crippen molar-refractivity contribution in [3.63, 3.8) is 0 Å². The fourth-order valence-corrected chi connectivity index (χ4v) is 1.52. The molecule has 1 aromatic carbocycles. The van der Waals surface area contributed by atoms with Crippen molar-refractivity contribution < 1.29 is 19.2 Å². The smallest absolute Gasteiger partial charge is 0.345 e. The highest BCUT2D eigenvalue weighted by molar-refractivity contribution is 6.31. The average molecular weight is 288 g/mol. The fourth-order valence-electron chi connectivity index (χ4n) is 1.35. The van der Waals surface area contributed by atoms with Crippen LogP contribution in [0, 0.1) is 10.1 Å². The predicted octanol–water partition coefficient (Wildman–Crippen LogP) is 2.83. The van der Waals surface area contributed by atoms with Gasteiger partial charge in [0.05, 0.1) is 11.5 Å². The molecule has 0 aromatic heterocycles. The third kappa shape index (κ3) is 4.84. The molecule has 0 N–H and O–H groups in total. The van der Waals surface area contributed by atoms with E-state index in [1.807, 2.05) is 6.92 Å². The number of rotatable bonds is 7. The van der Waals surface area contributed by atoms with E-state index in [0.29, 0.717) is 6.61 Å². The van der Waals surface area contributed by atoms with Crippen LogP contribution < -0.4 is 0 Å². The van der Waals surface area contributed by atoms with Gasteiger partial charge in [-0.1, -0.05) is 18.5 Å². The normalized spacial score (nSPS) is 10.2. The Morgan fingerprint density at radius 2 is 2.11 bits per heavy atom. The highest BCUT2D eigenvalue weighted by Crippen LogP contribution is 2.23. The first-order chi connectivity index (χ1) is 9.06. The Morgan fingerprint density at radius 3 is 2.74 bits per heavy atom. The van der Waals surface area contributed by atoms with Crippen LogP contribution in [0.3, 0.4) is 0 Å². The monoisotopic (exact) mass is 287 g/mol. The molecular weight excluding hydrogens is 274 g/mol. The van der Waals surface area contributed by atoms with Crippen molar-refractivity contribution in [2.45, 2.75) is 13.3 Å². The van der Waals surface area contributed by atoms with Crippen LogP contribution in [0.15, 0.2) is 18.2 Å². The highest BCUT2D eigenvalue weighted by atomic mass is 35.5. The summed E-state index contributed by atoms with van der Waals surface area (Å²) in [6.07, 6.45) is 0.869. The van der Waals surface area contributed by atoms with Crippen molar-refractivity contribution in [1.82, 2.24) is 0 Å². The van der Waals surface area contributed by atoms with E-state index in [9.17, 15) is 14.9 Å². The molecule has 0 heterocycles. The molecule has 19 heavy (non-hydrogen) atoms. The first-order valence-corrected chi connectivity index (χ1v) is 6.13. The van der Waals surface area contributed by atoms with Gasteiger partial charge in [-0.25, -0.2) is 4.79 Å². The number of nitro benzene ring substituents is 1. The van der Waals surface area contributed by atoms with Gasteiger partial charge < -0.3 is 9.47 Å². The van der Waals surface area contributed by atoms with Gasteiger partial charge in [-0.05, 0) is 18.6 Å². The number of esters is 1. The van der Waals surface area contributed by atoms with Gasteiger partial charge in [0.25, 0.3) is 5.69 Å². The minimum Gasteiger partial charge on any atom is -0.459 e. The highest BCUT2D eigenvalue weighted by Gasteiger charge is 2.21. The fraction of sp³-hybridized carbons (Fsp3) is 0.417. The standard InChI is InChI=1S/C12H14ClNO5/c1-2-5-18-6-7-19-12(15)10-8-9(13)3-4-11(10)14(16)17/h3-4,8H,2,5-7H2,1H3. The van der Waals surface area contributed by atoms with E-state index in [-0.39, 0.29) is 29.5 Å². The number of carbonyl (C=O) groups is 1. The number of benzene rings is 1. The number of hydrogen-bond donors (Lipinski definition) is 0. The SMILES string of the molecule is CCCOCCOC(=O)c1cc(Cl)ccc1[N+](=O)[O-]. The van der Waals surface area contributed by atoms with Gasteiger partial charge in [0, 0.05) is 17.7 Å². The molecule has 0 atom stereocenters. The van der Waals surface area contributed by atoms with Gasteiger partial charge in [0.2, 0.25) is 0 Å². The Labute approximate surface area is 115 Å². The van der Waals surface area contributed by atoms with Crippen molar-refractivity contribution in [2.24, 2.45) is 0 Å². The Morgan fingerprint density at radius 1 is 1.37 bits per heavy atom. The summed E-state index contributed by atoms with van der Waals surface area (Å²) in [4.78, 5) is 21.8. The van der Waals surface area contributed by atoms with Crippen LogP contribution >= 0.6 is 11.6 Å². The van der Waals surface area contributed by atoms with Crippen molar-refractivity contribution in [3.8, 4) is 0 Å². The second-order valence-electron chi connectivity index (χ2n) is 3.67. The zero-order chi connectivity index (χ0) is 14.3. The number of nitrogens with zero attached hydrogens (tertiary/aromatic N) is 1. The zero-order valence-corrected chi connectivity index (χ0v) is 11.2. The molecule has 0 aliphatic rings. The number of ether oxygens (including phenoxy) is 2. The second kappa shape index (κ2) is 7.70. The van der Waals surface area contributed by atoms with E-state index in [1.165, 1.54) is 18.2 Å². The molecule has 0 aliphatic heterocycles. The molecule has 6 nitrogen and oxygen atoms in total. The number of carbonyl (C=O) groups excluding carboxylic acids is 1. The molecule has 1 rings (SSSR count).